The van der Waals surface area contributed by atoms with E-state index < -0.39 is 12.1 Å². The van der Waals surface area contributed by atoms with Crippen LogP contribution in [-0.4, -0.2) is 22.2 Å². The van der Waals surface area contributed by atoms with E-state index in [1.54, 1.807) is 36.5 Å². The van der Waals surface area contributed by atoms with Crippen molar-refractivity contribution in [2.75, 3.05) is 0 Å². The van der Waals surface area contributed by atoms with E-state index in [1.165, 1.54) is 6.42 Å². The summed E-state index contributed by atoms with van der Waals surface area (Å²) in [5.41, 5.74) is 0.268. The van der Waals surface area contributed by atoms with Crippen LogP contribution in [0.5, 0.6) is 11.6 Å². The summed E-state index contributed by atoms with van der Waals surface area (Å²) >= 11 is 6.15. The molecule has 25 heavy (non-hydrogen) atoms. The molecular formula is C19H21ClN2O3. The first-order valence-electron chi connectivity index (χ1n) is 8.51. The summed E-state index contributed by atoms with van der Waals surface area (Å²) < 4.78 is 5.63. The lowest BCUT2D eigenvalue weighted by Crippen LogP contribution is -2.41. The van der Waals surface area contributed by atoms with E-state index in [2.05, 4.69) is 10.3 Å². The Morgan fingerprint density at radius 1 is 1.24 bits per heavy atom. The van der Waals surface area contributed by atoms with Crippen molar-refractivity contribution in [3.8, 4) is 11.6 Å². The number of aliphatic hydroxyl groups excluding tert-OH is 1. The molecule has 0 radical (unpaired) electrons. The highest BCUT2D eigenvalue weighted by molar-refractivity contribution is 6.33. The van der Waals surface area contributed by atoms with E-state index in [1.807, 2.05) is 6.07 Å². The van der Waals surface area contributed by atoms with Crippen molar-refractivity contribution in [3.05, 3.63) is 53.2 Å². The van der Waals surface area contributed by atoms with Gasteiger partial charge in [0.2, 0.25) is 5.88 Å². The van der Waals surface area contributed by atoms with Crippen molar-refractivity contribution in [3.63, 3.8) is 0 Å². The largest absolute Gasteiger partial charge is 0.439 e. The maximum absolute atomic E-state index is 12.5. The third-order valence-corrected chi connectivity index (χ3v) is 4.75. The monoisotopic (exact) mass is 360 g/mol. The Morgan fingerprint density at radius 3 is 2.76 bits per heavy atom. The van der Waals surface area contributed by atoms with Gasteiger partial charge >= 0.3 is 0 Å². The lowest BCUT2D eigenvalue weighted by molar-refractivity contribution is 0.0463. The van der Waals surface area contributed by atoms with Gasteiger partial charge in [-0.25, -0.2) is 4.98 Å². The summed E-state index contributed by atoms with van der Waals surface area (Å²) in [7, 11) is 0. The molecule has 1 aliphatic rings. The van der Waals surface area contributed by atoms with E-state index >= 15 is 0 Å². The van der Waals surface area contributed by atoms with Crippen molar-refractivity contribution >= 4 is 17.5 Å². The summed E-state index contributed by atoms with van der Waals surface area (Å²) in [6, 6.07) is 10.2. The topological polar surface area (TPSA) is 71.5 Å². The summed E-state index contributed by atoms with van der Waals surface area (Å²) in [5.74, 6) is 0.581. The number of aromatic nitrogens is 1. The third-order valence-electron chi connectivity index (χ3n) is 4.42. The second-order valence-electron chi connectivity index (χ2n) is 6.23. The van der Waals surface area contributed by atoms with Gasteiger partial charge in [-0.05, 0) is 37.1 Å². The van der Waals surface area contributed by atoms with Crippen LogP contribution in [0, 0.1) is 5.92 Å². The molecule has 1 saturated carbocycles. The Morgan fingerprint density at radius 2 is 2.04 bits per heavy atom. The van der Waals surface area contributed by atoms with E-state index in [0.717, 1.165) is 25.7 Å². The first kappa shape index (κ1) is 17.7. The molecule has 1 aromatic heterocycles. The molecule has 5 nitrogen and oxygen atoms in total. The minimum absolute atomic E-state index is 0.101. The number of nitrogens with one attached hydrogen (secondary N) is 1. The average molecular weight is 361 g/mol. The molecule has 1 atom stereocenters. The van der Waals surface area contributed by atoms with Crippen LogP contribution in [-0.2, 0) is 0 Å². The molecule has 1 aromatic carbocycles. The molecule has 2 N–H and O–H groups in total. The Bertz CT molecular complexity index is 718. The molecular weight excluding hydrogens is 340 g/mol. The second-order valence-corrected chi connectivity index (χ2v) is 6.64. The predicted octanol–water partition coefficient (Wildman–Crippen LogP) is 4.16. The van der Waals surface area contributed by atoms with Gasteiger partial charge in [0.25, 0.3) is 5.91 Å². The number of carbonyl (C=O) groups excluding carboxylic acids is 1. The number of benzene rings is 1. The molecule has 1 fully saturated rings. The molecule has 1 unspecified atom stereocenters. The fraction of sp³-hybridized carbons (Fsp3) is 0.368. The minimum Gasteiger partial charge on any atom is -0.439 e. The van der Waals surface area contributed by atoms with Crippen LogP contribution in [0.2, 0.25) is 5.02 Å². The molecule has 0 bridgehead atoms. The number of hydrogen-bond donors (Lipinski definition) is 2. The third kappa shape index (κ3) is 4.71. The Labute approximate surface area is 152 Å². The van der Waals surface area contributed by atoms with Gasteiger partial charge in [-0.1, -0.05) is 36.9 Å². The van der Waals surface area contributed by atoms with Gasteiger partial charge in [0.1, 0.15) is 12.0 Å². The van der Waals surface area contributed by atoms with Crippen LogP contribution in [0.25, 0.3) is 0 Å². The van der Waals surface area contributed by atoms with Crippen molar-refractivity contribution < 1.29 is 14.6 Å². The Hall–Kier alpha value is -2.11. The molecule has 1 aliphatic carbocycles. The number of aliphatic hydroxyl groups is 1. The van der Waals surface area contributed by atoms with Crippen LogP contribution in [0.1, 0.15) is 42.5 Å². The fourth-order valence-electron chi connectivity index (χ4n) is 3.05. The van der Waals surface area contributed by atoms with E-state index in [4.69, 9.17) is 16.3 Å². The minimum atomic E-state index is -0.857. The number of rotatable bonds is 5. The van der Waals surface area contributed by atoms with Crippen LogP contribution >= 0.6 is 11.6 Å². The fourth-order valence-corrected chi connectivity index (χ4v) is 3.25. The Kier molecular flexibility index (Phi) is 5.89. The highest BCUT2D eigenvalue weighted by Crippen LogP contribution is 2.28. The number of amides is 1. The zero-order valence-electron chi connectivity index (χ0n) is 13.8. The molecule has 0 spiro atoms. The van der Waals surface area contributed by atoms with Crippen molar-refractivity contribution in [1.82, 2.24) is 10.3 Å². The van der Waals surface area contributed by atoms with E-state index in [0.29, 0.717) is 16.7 Å². The molecule has 0 aliphatic heterocycles. The molecule has 132 valence electrons. The highest BCUT2D eigenvalue weighted by Gasteiger charge is 2.24. The number of ether oxygens (including phenoxy) is 1. The maximum Gasteiger partial charge on any atom is 0.254 e. The Balaban J connectivity index is 1.69. The maximum atomic E-state index is 12.5. The lowest BCUT2D eigenvalue weighted by atomic mass is 9.88. The molecule has 3 rings (SSSR count). The van der Waals surface area contributed by atoms with Crippen LogP contribution in [0.4, 0.5) is 0 Å². The van der Waals surface area contributed by atoms with Gasteiger partial charge < -0.3 is 15.2 Å². The summed E-state index contributed by atoms with van der Waals surface area (Å²) in [6.07, 6.45) is 5.99. The summed E-state index contributed by atoms with van der Waals surface area (Å²) in [5, 5.41) is 13.3. The van der Waals surface area contributed by atoms with Crippen LogP contribution < -0.4 is 10.1 Å². The predicted molar refractivity (Wildman–Crippen MR) is 95.8 cm³/mol. The SMILES string of the molecule is O=C(NC(O)C1CCCCC1)c1cc(Oc2ccccn2)ccc1Cl. The number of halogens is 1. The quantitative estimate of drug-likeness (QED) is 0.785. The smallest absolute Gasteiger partial charge is 0.254 e. The zero-order chi connectivity index (χ0) is 17.6. The van der Waals surface area contributed by atoms with Crippen molar-refractivity contribution in [2.45, 2.75) is 38.3 Å². The molecule has 1 amide bonds. The van der Waals surface area contributed by atoms with Gasteiger partial charge in [-0.15, -0.1) is 0 Å². The zero-order valence-corrected chi connectivity index (χ0v) is 14.6. The van der Waals surface area contributed by atoms with Gasteiger partial charge in [-0.2, -0.15) is 0 Å². The number of pyridine rings is 1. The lowest BCUT2D eigenvalue weighted by Gasteiger charge is -2.27. The second kappa shape index (κ2) is 8.32. The van der Waals surface area contributed by atoms with E-state index in [9.17, 15) is 9.90 Å². The average Bonchev–Trinajstić information content (AvgIpc) is 2.65. The summed E-state index contributed by atoms with van der Waals surface area (Å²) in [4.78, 5) is 16.6. The molecule has 0 saturated heterocycles. The van der Waals surface area contributed by atoms with Crippen molar-refractivity contribution in [2.24, 2.45) is 5.92 Å². The first-order valence-corrected chi connectivity index (χ1v) is 8.88. The standard InChI is InChI=1S/C19H21ClN2O3/c20-16-10-9-14(25-17-8-4-5-11-21-17)12-15(16)19(24)22-18(23)13-6-2-1-3-7-13/h4-5,8-13,18,23H,1-3,6-7H2,(H,22,24). The normalized spacial score (nSPS) is 16.2. The number of nitrogens with zero attached hydrogens (tertiary/aromatic N) is 1. The highest BCUT2D eigenvalue weighted by atomic mass is 35.5. The molecule has 1 heterocycles. The van der Waals surface area contributed by atoms with Crippen molar-refractivity contribution in [1.29, 1.82) is 0 Å². The molecule has 6 heteroatoms. The number of hydrogen-bond acceptors (Lipinski definition) is 4. The number of carbonyl (C=O) groups is 1. The first-order chi connectivity index (χ1) is 12.1. The summed E-state index contributed by atoms with van der Waals surface area (Å²) in [6.45, 7) is 0. The van der Waals surface area contributed by atoms with Gasteiger partial charge in [-0.3, -0.25) is 4.79 Å². The van der Waals surface area contributed by atoms with Crippen LogP contribution in [0.3, 0.4) is 0 Å². The van der Waals surface area contributed by atoms with Crippen LogP contribution in [0.15, 0.2) is 42.6 Å². The van der Waals surface area contributed by atoms with Gasteiger partial charge in [0, 0.05) is 18.2 Å². The van der Waals surface area contributed by atoms with Gasteiger partial charge in [0.05, 0.1) is 10.6 Å². The van der Waals surface area contributed by atoms with Gasteiger partial charge in [0.15, 0.2) is 0 Å². The van der Waals surface area contributed by atoms with E-state index in [-0.39, 0.29) is 11.5 Å². The molecule has 2 aromatic rings.